The van der Waals surface area contributed by atoms with Crippen LogP contribution in [0.1, 0.15) is 32.3 Å². The van der Waals surface area contributed by atoms with Gasteiger partial charge in [0.2, 0.25) is 5.88 Å². The van der Waals surface area contributed by atoms with E-state index < -0.39 is 6.10 Å². The van der Waals surface area contributed by atoms with Gasteiger partial charge in [-0.2, -0.15) is 5.10 Å². The van der Waals surface area contributed by atoms with Crippen LogP contribution in [0.4, 0.5) is 0 Å². The summed E-state index contributed by atoms with van der Waals surface area (Å²) in [5.74, 6) is 2.46. The van der Waals surface area contributed by atoms with Crippen molar-refractivity contribution in [1.29, 1.82) is 0 Å². The number of ether oxygens (including phenoxy) is 4. The number of nitrogens with zero attached hydrogens (tertiary/aromatic N) is 3. The van der Waals surface area contributed by atoms with E-state index in [1.54, 1.807) is 11.8 Å². The molecule has 0 spiro atoms. The van der Waals surface area contributed by atoms with Crippen LogP contribution in [0.3, 0.4) is 0 Å². The molecule has 2 heterocycles. The SMILES string of the molecule is COc1cccc(Oc2c(CN(C[C@@H](O)COCC(C)C)C[C@@H]3CCCO3)c(-c3ccccc3)nn2C)c1. The molecule has 1 aliphatic heterocycles. The summed E-state index contributed by atoms with van der Waals surface area (Å²) in [6.07, 6.45) is 1.60. The second-order valence-corrected chi connectivity index (χ2v) is 10.3. The van der Waals surface area contributed by atoms with E-state index in [0.29, 0.717) is 50.4 Å². The van der Waals surface area contributed by atoms with Gasteiger partial charge in [-0.3, -0.25) is 4.90 Å². The quantitative estimate of drug-likeness (QED) is 0.322. The molecule has 0 saturated carbocycles. The average Bonchev–Trinajstić information content (AvgIpc) is 3.52. The van der Waals surface area contributed by atoms with Gasteiger partial charge in [-0.1, -0.05) is 50.2 Å². The third-order valence-electron chi connectivity index (χ3n) is 6.49. The molecule has 0 unspecified atom stereocenters. The van der Waals surface area contributed by atoms with Crippen molar-refractivity contribution in [2.45, 2.75) is 45.4 Å². The van der Waals surface area contributed by atoms with E-state index in [1.807, 2.05) is 49.5 Å². The number of aromatic nitrogens is 2. The van der Waals surface area contributed by atoms with Crippen LogP contribution in [0.25, 0.3) is 11.3 Å². The first-order valence-electron chi connectivity index (χ1n) is 13.5. The Morgan fingerprint density at radius 3 is 2.61 bits per heavy atom. The Labute approximate surface area is 226 Å². The lowest BCUT2D eigenvalue weighted by molar-refractivity contribution is -0.00399. The van der Waals surface area contributed by atoms with Gasteiger partial charge in [0, 0.05) is 51.5 Å². The van der Waals surface area contributed by atoms with Crippen LogP contribution < -0.4 is 9.47 Å². The van der Waals surface area contributed by atoms with Crippen LogP contribution in [0.2, 0.25) is 0 Å². The van der Waals surface area contributed by atoms with Gasteiger partial charge < -0.3 is 24.1 Å². The number of methoxy groups -OCH3 is 1. The predicted octanol–water partition coefficient (Wildman–Crippen LogP) is 4.90. The monoisotopic (exact) mass is 523 g/mol. The molecule has 0 bridgehead atoms. The predicted molar refractivity (Wildman–Crippen MR) is 148 cm³/mol. The summed E-state index contributed by atoms with van der Waals surface area (Å²) in [5, 5.41) is 15.7. The summed E-state index contributed by atoms with van der Waals surface area (Å²) in [7, 11) is 3.53. The second-order valence-electron chi connectivity index (χ2n) is 10.3. The lowest BCUT2D eigenvalue weighted by Crippen LogP contribution is -2.39. The van der Waals surface area contributed by atoms with Crippen molar-refractivity contribution in [3.8, 4) is 28.6 Å². The molecule has 3 aromatic rings. The van der Waals surface area contributed by atoms with Gasteiger partial charge in [0.05, 0.1) is 31.5 Å². The number of hydrogen-bond acceptors (Lipinski definition) is 7. The summed E-state index contributed by atoms with van der Waals surface area (Å²) < 4.78 is 25.3. The lowest BCUT2D eigenvalue weighted by atomic mass is 10.1. The van der Waals surface area contributed by atoms with Gasteiger partial charge in [0.1, 0.15) is 17.2 Å². The molecule has 8 nitrogen and oxygen atoms in total. The van der Waals surface area contributed by atoms with Crippen molar-refractivity contribution < 1.29 is 24.1 Å². The Hall–Kier alpha value is -2.91. The van der Waals surface area contributed by atoms with E-state index in [2.05, 4.69) is 30.9 Å². The maximum absolute atomic E-state index is 10.9. The van der Waals surface area contributed by atoms with Gasteiger partial charge in [-0.15, -0.1) is 0 Å². The zero-order valence-corrected chi connectivity index (χ0v) is 23.0. The average molecular weight is 524 g/mol. The van der Waals surface area contributed by atoms with Gasteiger partial charge in [-0.25, -0.2) is 4.68 Å². The van der Waals surface area contributed by atoms with E-state index in [9.17, 15) is 5.11 Å². The summed E-state index contributed by atoms with van der Waals surface area (Å²) in [6, 6.07) is 17.7. The van der Waals surface area contributed by atoms with Gasteiger partial charge >= 0.3 is 0 Å². The highest BCUT2D eigenvalue weighted by atomic mass is 16.5. The summed E-state index contributed by atoms with van der Waals surface area (Å²) in [4.78, 5) is 2.24. The smallest absolute Gasteiger partial charge is 0.222 e. The number of rotatable bonds is 14. The van der Waals surface area contributed by atoms with E-state index in [0.717, 1.165) is 42.0 Å². The van der Waals surface area contributed by atoms with Gasteiger partial charge in [0.15, 0.2) is 0 Å². The third kappa shape index (κ3) is 7.80. The Bertz CT molecular complexity index is 1130. The van der Waals surface area contributed by atoms with Crippen LogP contribution >= 0.6 is 0 Å². The van der Waals surface area contributed by atoms with Crippen molar-refractivity contribution >= 4 is 0 Å². The molecule has 1 saturated heterocycles. The van der Waals surface area contributed by atoms with Crippen molar-refractivity contribution in [2.24, 2.45) is 13.0 Å². The van der Waals surface area contributed by atoms with E-state index >= 15 is 0 Å². The molecule has 4 rings (SSSR count). The molecule has 8 heteroatoms. The van der Waals surface area contributed by atoms with Crippen LogP contribution in [-0.4, -0.2) is 72.0 Å². The Morgan fingerprint density at radius 1 is 1.11 bits per heavy atom. The minimum absolute atomic E-state index is 0.137. The molecule has 1 fully saturated rings. The highest BCUT2D eigenvalue weighted by Gasteiger charge is 2.26. The maximum Gasteiger partial charge on any atom is 0.222 e. The minimum Gasteiger partial charge on any atom is -0.497 e. The molecule has 1 N–H and O–H groups in total. The number of aryl methyl sites for hydroxylation is 1. The third-order valence-corrected chi connectivity index (χ3v) is 6.49. The molecule has 0 amide bonds. The molecule has 1 aromatic heterocycles. The fraction of sp³-hybridized carbons (Fsp3) is 0.500. The second kappa shape index (κ2) is 13.8. The fourth-order valence-corrected chi connectivity index (χ4v) is 4.72. The number of aliphatic hydroxyl groups is 1. The first kappa shape index (κ1) is 28.1. The van der Waals surface area contributed by atoms with Crippen molar-refractivity contribution in [1.82, 2.24) is 14.7 Å². The van der Waals surface area contributed by atoms with Crippen LogP contribution in [0.5, 0.6) is 17.4 Å². The molecule has 0 radical (unpaired) electrons. The first-order chi connectivity index (χ1) is 18.4. The molecule has 0 aliphatic carbocycles. The number of hydrogen-bond donors (Lipinski definition) is 1. The van der Waals surface area contributed by atoms with Crippen molar-refractivity contribution in [3.05, 3.63) is 60.2 Å². The summed E-state index contributed by atoms with van der Waals surface area (Å²) in [5.41, 5.74) is 2.82. The first-order valence-corrected chi connectivity index (χ1v) is 13.5. The summed E-state index contributed by atoms with van der Waals surface area (Å²) >= 11 is 0. The van der Waals surface area contributed by atoms with E-state index in [-0.39, 0.29) is 6.10 Å². The van der Waals surface area contributed by atoms with Crippen molar-refractivity contribution in [3.63, 3.8) is 0 Å². The Balaban J connectivity index is 1.64. The van der Waals surface area contributed by atoms with Crippen molar-refractivity contribution in [2.75, 3.05) is 40.0 Å². The molecular weight excluding hydrogens is 482 g/mol. The fourth-order valence-electron chi connectivity index (χ4n) is 4.72. The largest absolute Gasteiger partial charge is 0.497 e. The maximum atomic E-state index is 10.9. The zero-order chi connectivity index (χ0) is 26.9. The number of benzene rings is 2. The van der Waals surface area contributed by atoms with Gasteiger partial charge in [0.25, 0.3) is 0 Å². The minimum atomic E-state index is -0.616. The van der Waals surface area contributed by atoms with Gasteiger partial charge in [-0.05, 0) is 30.9 Å². The molecular formula is C30H41N3O5. The summed E-state index contributed by atoms with van der Waals surface area (Å²) in [6.45, 7) is 7.63. The normalized spacial score (nSPS) is 16.3. The molecule has 38 heavy (non-hydrogen) atoms. The molecule has 2 aromatic carbocycles. The highest BCUT2D eigenvalue weighted by Crippen LogP contribution is 2.35. The topological polar surface area (TPSA) is 78.2 Å². The lowest BCUT2D eigenvalue weighted by Gasteiger charge is -2.28. The molecule has 2 atom stereocenters. The molecule has 1 aliphatic rings. The Kier molecular flexibility index (Phi) is 10.2. The standard InChI is InChI=1S/C30H41N3O5/c1-22(2)20-36-21-24(34)17-33(18-27-14-9-15-37-27)19-28-29(23-10-6-5-7-11-23)31-32(3)30(28)38-26-13-8-12-25(16-26)35-4/h5-8,10-13,16,22,24,27,34H,9,14-15,17-21H2,1-4H3/t24-,27+/m1/s1. The van der Waals surface area contributed by atoms with Crippen LogP contribution in [0, 0.1) is 5.92 Å². The Morgan fingerprint density at radius 2 is 1.89 bits per heavy atom. The zero-order valence-electron chi connectivity index (χ0n) is 23.0. The highest BCUT2D eigenvalue weighted by molar-refractivity contribution is 5.65. The molecule has 206 valence electrons. The van der Waals surface area contributed by atoms with Crippen LogP contribution in [-0.2, 0) is 23.1 Å². The number of aliphatic hydroxyl groups excluding tert-OH is 1. The van der Waals surface area contributed by atoms with E-state index in [4.69, 9.17) is 24.0 Å². The van der Waals surface area contributed by atoms with E-state index in [1.165, 1.54) is 0 Å². The van der Waals surface area contributed by atoms with Crippen LogP contribution in [0.15, 0.2) is 54.6 Å².